The van der Waals surface area contributed by atoms with E-state index < -0.39 is 10.0 Å². The van der Waals surface area contributed by atoms with E-state index in [0.29, 0.717) is 16.3 Å². The van der Waals surface area contributed by atoms with E-state index in [9.17, 15) is 13.2 Å². The summed E-state index contributed by atoms with van der Waals surface area (Å²) < 4.78 is 25.9. The zero-order chi connectivity index (χ0) is 13.2. The van der Waals surface area contributed by atoms with Gasteiger partial charge in [0.05, 0.1) is 11.4 Å². The molecule has 18 heavy (non-hydrogen) atoms. The number of carbonyl (C=O) groups is 1. The van der Waals surface area contributed by atoms with Crippen LogP contribution in [0.2, 0.25) is 0 Å². The van der Waals surface area contributed by atoms with Crippen LogP contribution < -0.4 is 0 Å². The number of benzene rings is 1. The molecule has 0 aliphatic rings. The fourth-order valence-electron chi connectivity index (χ4n) is 1.61. The highest BCUT2D eigenvalue weighted by Crippen LogP contribution is 2.18. The molecule has 0 aliphatic heterocycles. The van der Waals surface area contributed by atoms with E-state index in [4.69, 9.17) is 0 Å². The normalized spacial score (nSPS) is 11.4. The van der Waals surface area contributed by atoms with E-state index >= 15 is 0 Å². The molecule has 0 fully saturated rings. The van der Waals surface area contributed by atoms with Crippen LogP contribution >= 0.6 is 15.9 Å². The van der Waals surface area contributed by atoms with Crippen LogP contribution in [0.5, 0.6) is 0 Å². The Morgan fingerprint density at radius 1 is 1.22 bits per heavy atom. The number of hydrogen-bond donors (Lipinski definition) is 0. The number of aromatic nitrogens is 1. The molecule has 0 amide bonds. The summed E-state index contributed by atoms with van der Waals surface area (Å²) in [6, 6.07) is 10.3. The van der Waals surface area contributed by atoms with Gasteiger partial charge in [-0.2, -0.15) is 0 Å². The van der Waals surface area contributed by atoms with Gasteiger partial charge in [-0.3, -0.25) is 4.79 Å². The lowest BCUT2D eigenvalue weighted by Gasteiger charge is -2.07. The van der Waals surface area contributed by atoms with Crippen molar-refractivity contribution < 1.29 is 13.2 Å². The summed E-state index contributed by atoms with van der Waals surface area (Å²) in [6.45, 7) is 0. The number of aldehydes is 1. The van der Waals surface area contributed by atoms with E-state index in [2.05, 4.69) is 15.9 Å². The van der Waals surface area contributed by atoms with Gasteiger partial charge in [0.1, 0.15) is 0 Å². The van der Waals surface area contributed by atoms with Crippen molar-refractivity contribution in [3.63, 3.8) is 0 Å². The Hall–Kier alpha value is -1.40. The van der Waals surface area contributed by atoms with Crippen molar-refractivity contribution in [2.24, 2.45) is 0 Å². The minimum Gasteiger partial charge on any atom is -0.296 e. The van der Waals surface area contributed by atoms with Crippen molar-refractivity contribution in [3.05, 3.63) is 58.3 Å². The third kappa shape index (κ3) is 2.70. The van der Waals surface area contributed by atoms with Crippen LogP contribution in [0.15, 0.2) is 47.1 Å². The van der Waals surface area contributed by atoms with Gasteiger partial charge in [0.15, 0.2) is 6.29 Å². The minimum atomic E-state index is -3.58. The molecule has 6 heteroatoms. The summed E-state index contributed by atoms with van der Waals surface area (Å²) in [4.78, 5) is 10.8. The molecule has 4 nitrogen and oxygen atoms in total. The second-order valence-corrected chi connectivity index (χ2v) is 6.50. The summed E-state index contributed by atoms with van der Waals surface area (Å²) in [6.07, 6.45) is 1.90. The minimum absolute atomic E-state index is 0.109. The SMILES string of the molecule is O=Cc1cc(Br)cn1S(=O)(=O)Cc1ccccc1. The fourth-order valence-corrected chi connectivity index (χ4v) is 3.63. The van der Waals surface area contributed by atoms with E-state index in [0.717, 1.165) is 3.97 Å². The molecule has 0 saturated heterocycles. The van der Waals surface area contributed by atoms with E-state index in [1.54, 1.807) is 24.3 Å². The number of rotatable bonds is 4. The molecule has 0 saturated carbocycles. The lowest BCUT2D eigenvalue weighted by atomic mass is 10.2. The third-order valence-electron chi connectivity index (χ3n) is 2.39. The van der Waals surface area contributed by atoms with Crippen molar-refractivity contribution in [2.75, 3.05) is 0 Å². The molecule has 0 bridgehead atoms. The smallest absolute Gasteiger partial charge is 0.243 e. The van der Waals surface area contributed by atoms with Crippen LogP contribution in [0.4, 0.5) is 0 Å². The zero-order valence-electron chi connectivity index (χ0n) is 9.28. The predicted octanol–water partition coefficient (Wildman–Crippen LogP) is 2.44. The van der Waals surface area contributed by atoms with Crippen molar-refractivity contribution in [1.82, 2.24) is 3.97 Å². The van der Waals surface area contributed by atoms with Gasteiger partial charge >= 0.3 is 0 Å². The molecule has 0 atom stereocenters. The lowest BCUT2D eigenvalue weighted by molar-refractivity contribution is 0.111. The first-order valence-corrected chi connectivity index (χ1v) is 7.53. The van der Waals surface area contributed by atoms with Crippen molar-refractivity contribution in [1.29, 1.82) is 0 Å². The van der Waals surface area contributed by atoms with E-state index in [1.165, 1.54) is 12.3 Å². The third-order valence-corrected chi connectivity index (χ3v) is 4.44. The first kappa shape index (κ1) is 13.0. The van der Waals surface area contributed by atoms with Crippen LogP contribution in [0.25, 0.3) is 0 Å². The number of halogens is 1. The molecular formula is C12H10BrNO3S. The summed E-state index contributed by atoms with van der Waals surface area (Å²) in [5.41, 5.74) is 0.789. The fraction of sp³-hybridized carbons (Fsp3) is 0.0833. The Bertz CT molecular complexity index is 662. The molecule has 0 aliphatic carbocycles. The second kappa shape index (κ2) is 5.07. The van der Waals surface area contributed by atoms with Gasteiger partial charge < -0.3 is 0 Å². The van der Waals surface area contributed by atoms with E-state index in [-0.39, 0.29) is 11.4 Å². The van der Waals surface area contributed by atoms with Crippen molar-refractivity contribution in [2.45, 2.75) is 5.75 Å². The molecule has 2 rings (SSSR count). The van der Waals surface area contributed by atoms with Crippen LogP contribution in [-0.2, 0) is 15.8 Å². The van der Waals surface area contributed by atoms with Gasteiger partial charge in [-0.1, -0.05) is 30.3 Å². The number of nitrogens with zero attached hydrogens (tertiary/aromatic N) is 1. The summed E-state index contributed by atoms with van der Waals surface area (Å²) in [5.74, 6) is -0.143. The maximum Gasteiger partial charge on any atom is 0.243 e. The van der Waals surface area contributed by atoms with Gasteiger partial charge in [-0.25, -0.2) is 12.4 Å². The van der Waals surface area contributed by atoms with Crippen LogP contribution in [0.3, 0.4) is 0 Å². The Balaban J connectivity index is 2.40. The van der Waals surface area contributed by atoms with Crippen molar-refractivity contribution >= 4 is 32.2 Å². The Morgan fingerprint density at radius 3 is 2.50 bits per heavy atom. The van der Waals surface area contributed by atoms with Crippen molar-refractivity contribution in [3.8, 4) is 0 Å². The highest BCUT2D eigenvalue weighted by Gasteiger charge is 2.18. The van der Waals surface area contributed by atoms with Gasteiger partial charge in [-0.05, 0) is 27.6 Å². The molecule has 0 radical (unpaired) electrons. The second-order valence-electron chi connectivity index (χ2n) is 3.74. The molecule has 0 N–H and O–H groups in total. The molecule has 2 aromatic rings. The number of hydrogen-bond acceptors (Lipinski definition) is 3. The zero-order valence-corrected chi connectivity index (χ0v) is 11.7. The Kier molecular flexibility index (Phi) is 3.68. The Morgan fingerprint density at radius 2 is 1.89 bits per heavy atom. The van der Waals surface area contributed by atoms with Gasteiger partial charge in [0.2, 0.25) is 10.0 Å². The molecule has 94 valence electrons. The summed E-state index contributed by atoms with van der Waals surface area (Å²) >= 11 is 3.16. The number of carbonyl (C=O) groups excluding carboxylic acids is 1. The molecule has 0 unspecified atom stereocenters. The molecule has 1 aromatic heterocycles. The Labute approximate surface area is 113 Å². The monoisotopic (exact) mass is 327 g/mol. The highest BCUT2D eigenvalue weighted by molar-refractivity contribution is 9.10. The standard InChI is InChI=1S/C12H10BrNO3S/c13-11-6-12(8-15)14(7-11)18(16,17)9-10-4-2-1-3-5-10/h1-8H,9H2. The van der Waals surface area contributed by atoms with Gasteiger partial charge in [-0.15, -0.1) is 0 Å². The first-order valence-electron chi connectivity index (χ1n) is 5.13. The van der Waals surface area contributed by atoms with Crippen LogP contribution in [0.1, 0.15) is 16.1 Å². The molecule has 0 spiro atoms. The van der Waals surface area contributed by atoms with Crippen LogP contribution in [0, 0.1) is 0 Å². The largest absolute Gasteiger partial charge is 0.296 e. The molecular weight excluding hydrogens is 318 g/mol. The summed E-state index contributed by atoms with van der Waals surface area (Å²) in [7, 11) is -3.58. The topological polar surface area (TPSA) is 56.1 Å². The molecule has 1 aromatic carbocycles. The lowest BCUT2D eigenvalue weighted by Crippen LogP contribution is -2.16. The highest BCUT2D eigenvalue weighted by atomic mass is 79.9. The average Bonchev–Trinajstić information content (AvgIpc) is 2.72. The summed E-state index contributed by atoms with van der Waals surface area (Å²) in [5, 5.41) is 0. The van der Waals surface area contributed by atoms with Gasteiger partial charge in [0, 0.05) is 10.7 Å². The maximum absolute atomic E-state index is 12.2. The average molecular weight is 328 g/mol. The van der Waals surface area contributed by atoms with Crippen LogP contribution in [-0.4, -0.2) is 18.7 Å². The predicted molar refractivity (Wildman–Crippen MR) is 72.0 cm³/mol. The van der Waals surface area contributed by atoms with Gasteiger partial charge in [0.25, 0.3) is 0 Å². The van der Waals surface area contributed by atoms with E-state index in [1.807, 2.05) is 6.07 Å². The maximum atomic E-state index is 12.2. The molecule has 1 heterocycles. The first-order chi connectivity index (χ1) is 8.53. The quantitative estimate of drug-likeness (QED) is 0.810.